The van der Waals surface area contributed by atoms with Crippen molar-refractivity contribution in [3.63, 3.8) is 0 Å². The highest BCUT2D eigenvalue weighted by atomic mass is 32.2. The first-order valence-electron chi connectivity index (χ1n) is 3.09. The van der Waals surface area contributed by atoms with Crippen molar-refractivity contribution < 1.29 is 14.7 Å². The summed E-state index contributed by atoms with van der Waals surface area (Å²) >= 11 is 1.36. The van der Waals surface area contributed by atoms with Gasteiger partial charge >= 0.3 is 5.97 Å². The van der Waals surface area contributed by atoms with Crippen molar-refractivity contribution in [1.29, 1.82) is 0 Å². The Morgan fingerprint density at radius 1 is 1.64 bits per heavy atom. The maximum absolute atomic E-state index is 10.8. The van der Waals surface area contributed by atoms with Gasteiger partial charge in [0.1, 0.15) is 6.04 Å². The number of hydrogen-bond donors (Lipinski definition) is 2. The van der Waals surface area contributed by atoms with Gasteiger partial charge in [0.25, 0.3) is 0 Å². The van der Waals surface area contributed by atoms with Gasteiger partial charge in [-0.05, 0) is 13.2 Å². The average Bonchev–Trinajstić information content (AvgIpc) is 1.87. The zero-order chi connectivity index (χ0) is 8.85. The van der Waals surface area contributed by atoms with Crippen LogP contribution in [0.3, 0.4) is 0 Å². The molecule has 0 rings (SSSR count). The first-order chi connectivity index (χ1) is 5.07. The number of amides is 1. The number of nitrogens with one attached hydrogen (secondary N) is 1. The molecule has 1 atom stereocenters. The van der Waals surface area contributed by atoms with Crippen LogP contribution < -0.4 is 5.32 Å². The molecule has 0 spiro atoms. The normalized spacial score (nSPS) is 12.2. The van der Waals surface area contributed by atoms with Crippen LogP contribution in [0, 0.1) is 0 Å². The molecular weight excluding hydrogens is 166 g/mol. The van der Waals surface area contributed by atoms with E-state index in [9.17, 15) is 9.59 Å². The molecule has 4 nitrogen and oxygen atoms in total. The first kappa shape index (κ1) is 10.3. The minimum Gasteiger partial charge on any atom is -0.480 e. The maximum Gasteiger partial charge on any atom is 0.325 e. The number of carboxylic acid groups (broad SMARTS) is 1. The largest absolute Gasteiger partial charge is 0.480 e. The van der Waals surface area contributed by atoms with Crippen LogP contribution in [0.5, 0.6) is 0 Å². The van der Waals surface area contributed by atoms with E-state index in [1.54, 1.807) is 6.26 Å². The van der Waals surface area contributed by atoms with E-state index in [2.05, 4.69) is 5.32 Å². The van der Waals surface area contributed by atoms with Gasteiger partial charge in [-0.3, -0.25) is 9.59 Å². The summed E-state index contributed by atoms with van der Waals surface area (Å²) in [7, 11) is 0. The molecule has 0 aliphatic rings. The zero-order valence-corrected chi connectivity index (χ0v) is 7.27. The molecule has 0 aromatic rings. The van der Waals surface area contributed by atoms with Gasteiger partial charge in [0.2, 0.25) is 5.91 Å². The summed E-state index contributed by atoms with van der Waals surface area (Å²) < 4.78 is 0. The molecule has 0 heterocycles. The van der Waals surface area contributed by atoms with Crippen LogP contribution in [0.2, 0.25) is 0 Å². The van der Waals surface area contributed by atoms with E-state index in [4.69, 9.17) is 5.11 Å². The van der Waals surface area contributed by atoms with Gasteiger partial charge in [-0.1, -0.05) is 0 Å². The summed E-state index contributed by atoms with van der Waals surface area (Å²) in [4.78, 5) is 21.0. The highest BCUT2D eigenvalue weighted by Gasteiger charge is 2.12. The Morgan fingerprint density at radius 2 is 2.18 bits per heavy atom. The smallest absolute Gasteiger partial charge is 0.325 e. The van der Waals surface area contributed by atoms with Gasteiger partial charge in [0, 0.05) is 0 Å². The van der Waals surface area contributed by atoms with Crippen LogP contribution in [-0.2, 0) is 9.59 Å². The Kier molecular flexibility index (Phi) is 4.69. The van der Waals surface area contributed by atoms with Crippen molar-refractivity contribution in [2.45, 2.75) is 13.0 Å². The van der Waals surface area contributed by atoms with Crippen molar-refractivity contribution in [3.05, 3.63) is 0 Å². The molecule has 0 saturated carbocycles. The number of hydrogen-bond acceptors (Lipinski definition) is 3. The third kappa shape index (κ3) is 4.66. The Balaban J connectivity index is 3.66. The Morgan fingerprint density at radius 3 is 2.55 bits per heavy atom. The van der Waals surface area contributed by atoms with E-state index < -0.39 is 12.0 Å². The minimum atomic E-state index is -1.01. The molecule has 0 saturated heterocycles. The molecule has 0 bridgehead atoms. The van der Waals surface area contributed by atoms with E-state index >= 15 is 0 Å². The van der Waals surface area contributed by atoms with Crippen molar-refractivity contribution in [1.82, 2.24) is 5.32 Å². The topological polar surface area (TPSA) is 66.4 Å². The lowest BCUT2D eigenvalue weighted by Gasteiger charge is -2.07. The van der Waals surface area contributed by atoms with Crippen LogP contribution >= 0.6 is 11.8 Å². The molecule has 0 aliphatic heterocycles. The van der Waals surface area contributed by atoms with E-state index in [-0.39, 0.29) is 5.91 Å². The molecule has 64 valence electrons. The van der Waals surface area contributed by atoms with Crippen molar-refractivity contribution in [2.24, 2.45) is 0 Å². The van der Waals surface area contributed by atoms with E-state index in [0.717, 1.165) is 0 Å². The summed E-state index contributed by atoms with van der Waals surface area (Å²) in [6, 6.07) is -0.797. The van der Waals surface area contributed by atoms with Crippen LogP contribution in [0.1, 0.15) is 6.92 Å². The lowest BCUT2D eigenvalue weighted by molar-refractivity contribution is -0.140. The first-order valence-corrected chi connectivity index (χ1v) is 4.48. The van der Waals surface area contributed by atoms with Gasteiger partial charge in [-0.2, -0.15) is 11.8 Å². The number of rotatable bonds is 4. The standard InChI is InChI=1S/C6H11NO3S/c1-4(6(9)10)7-5(8)3-11-2/h4H,3H2,1-2H3,(H,7,8)(H,9,10)/t4-/m0/s1. The number of thioether (sulfide) groups is 1. The van der Waals surface area contributed by atoms with E-state index in [1.807, 2.05) is 0 Å². The summed E-state index contributed by atoms with van der Waals surface area (Å²) in [5.41, 5.74) is 0. The molecule has 0 aliphatic carbocycles. The molecule has 5 heteroatoms. The number of carbonyl (C=O) groups excluding carboxylic acids is 1. The summed E-state index contributed by atoms with van der Waals surface area (Å²) in [6.45, 7) is 1.43. The highest BCUT2D eigenvalue weighted by Crippen LogP contribution is 1.90. The summed E-state index contributed by atoms with van der Waals surface area (Å²) in [5.74, 6) is -0.954. The molecule has 0 fully saturated rings. The van der Waals surface area contributed by atoms with E-state index in [1.165, 1.54) is 18.7 Å². The summed E-state index contributed by atoms with van der Waals surface area (Å²) in [6.07, 6.45) is 1.78. The quantitative estimate of drug-likeness (QED) is 0.631. The van der Waals surface area contributed by atoms with E-state index in [0.29, 0.717) is 5.75 Å². The fraction of sp³-hybridized carbons (Fsp3) is 0.667. The monoisotopic (exact) mass is 177 g/mol. The Labute approximate surface area is 69.4 Å². The third-order valence-corrected chi connectivity index (χ3v) is 1.57. The SMILES string of the molecule is CSCC(=O)N[C@@H](C)C(=O)O. The van der Waals surface area contributed by atoms with Gasteiger partial charge in [-0.25, -0.2) is 0 Å². The molecule has 1 amide bonds. The second kappa shape index (κ2) is 5.01. The predicted octanol–water partition coefficient (Wildman–Crippen LogP) is -0.0613. The van der Waals surface area contributed by atoms with Gasteiger partial charge < -0.3 is 10.4 Å². The number of carbonyl (C=O) groups is 2. The predicted molar refractivity (Wildman–Crippen MR) is 43.6 cm³/mol. The Bertz CT molecular complexity index is 160. The lowest BCUT2D eigenvalue weighted by atomic mass is 10.3. The second-order valence-electron chi connectivity index (χ2n) is 2.06. The van der Waals surface area contributed by atoms with Gasteiger partial charge in [0.15, 0.2) is 0 Å². The van der Waals surface area contributed by atoms with Crippen molar-refractivity contribution in [3.8, 4) is 0 Å². The number of carboxylic acids is 1. The summed E-state index contributed by atoms with van der Waals surface area (Å²) in [5, 5.41) is 10.7. The molecule has 0 aromatic heterocycles. The molecule has 0 aromatic carbocycles. The molecule has 11 heavy (non-hydrogen) atoms. The fourth-order valence-corrected chi connectivity index (χ4v) is 0.822. The maximum atomic E-state index is 10.8. The highest BCUT2D eigenvalue weighted by molar-refractivity contribution is 7.99. The van der Waals surface area contributed by atoms with Gasteiger partial charge in [0.05, 0.1) is 5.75 Å². The third-order valence-electron chi connectivity index (χ3n) is 1.02. The van der Waals surface area contributed by atoms with Crippen LogP contribution in [-0.4, -0.2) is 35.0 Å². The van der Waals surface area contributed by atoms with Gasteiger partial charge in [-0.15, -0.1) is 0 Å². The average molecular weight is 177 g/mol. The molecule has 0 unspecified atom stereocenters. The molecule has 0 radical (unpaired) electrons. The second-order valence-corrected chi connectivity index (χ2v) is 2.93. The fourth-order valence-electron chi connectivity index (χ4n) is 0.476. The van der Waals surface area contributed by atoms with Crippen LogP contribution in [0.25, 0.3) is 0 Å². The Hall–Kier alpha value is -0.710. The van der Waals surface area contributed by atoms with Crippen molar-refractivity contribution in [2.75, 3.05) is 12.0 Å². The lowest BCUT2D eigenvalue weighted by Crippen LogP contribution is -2.39. The van der Waals surface area contributed by atoms with Crippen molar-refractivity contribution >= 4 is 23.6 Å². The number of aliphatic carboxylic acids is 1. The van der Waals surface area contributed by atoms with Crippen LogP contribution in [0.15, 0.2) is 0 Å². The molecule has 2 N–H and O–H groups in total. The zero-order valence-electron chi connectivity index (χ0n) is 6.46. The van der Waals surface area contributed by atoms with Crippen LogP contribution in [0.4, 0.5) is 0 Å². The minimum absolute atomic E-state index is 0.243. The molecular formula is C6H11NO3S.